The van der Waals surface area contributed by atoms with Gasteiger partial charge in [-0.05, 0) is 43.0 Å². The third kappa shape index (κ3) is 5.17. The van der Waals surface area contributed by atoms with E-state index in [1.165, 1.54) is 13.0 Å². The zero-order chi connectivity index (χ0) is 23.3. The predicted octanol–water partition coefficient (Wildman–Crippen LogP) is 3.70. The highest BCUT2D eigenvalue weighted by atomic mass is 16.5. The molecule has 7 nitrogen and oxygen atoms in total. The second-order valence-electron chi connectivity index (χ2n) is 8.47. The Hall–Kier alpha value is -3.61. The Morgan fingerprint density at radius 3 is 2.12 bits per heavy atom. The van der Waals surface area contributed by atoms with Gasteiger partial charge in [-0.2, -0.15) is 0 Å². The average molecular weight is 437 g/mol. The summed E-state index contributed by atoms with van der Waals surface area (Å²) in [6, 6.07) is 16.2. The number of hydrogen-bond acceptors (Lipinski definition) is 4. The van der Waals surface area contributed by atoms with Gasteiger partial charge in [0.1, 0.15) is 6.61 Å². The molecule has 32 heavy (non-hydrogen) atoms. The van der Waals surface area contributed by atoms with Crippen LogP contribution >= 0.6 is 0 Å². The second-order valence-corrected chi connectivity index (χ2v) is 8.47. The molecule has 7 heteroatoms. The van der Waals surface area contributed by atoms with E-state index >= 15 is 0 Å². The minimum atomic E-state index is -1.03. The smallest absolute Gasteiger partial charge is 0.407 e. The summed E-state index contributed by atoms with van der Waals surface area (Å²) in [6.07, 6.45) is 0.837. The van der Waals surface area contributed by atoms with Crippen molar-refractivity contribution in [2.45, 2.75) is 26.7 Å². The Kier molecular flexibility index (Phi) is 6.98. The summed E-state index contributed by atoms with van der Waals surface area (Å²) in [6.45, 7) is 5.23. The van der Waals surface area contributed by atoms with E-state index in [1.54, 1.807) is 13.8 Å². The molecule has 0 saturated carbocycles. The van der Waals surface area contributed by atoms with Crippen molar-refractivity contribution in [2.75, 3.05) is 19.7 Å². The third-order valence-corrected chi connectivity index (χ3v) is 5.64. The van der Waals surface area contributed by atoms with E-state index in [0.717, 1.165) is 22.3 Å². The van der Waals surface area contributed by atoms with Crippen LogP contribution in [-0.4, -0.2) is 42.8 Å². The Morgan fingerprint density at radius 1 is 1.00 bits per heavy atom. The normalized spacial score (nSPS) is 13.2. The van der Waals surface area contributed by atoms with Crippen LogP contribution in [0.25, 0.3) is 11.1 Å². The van der Waals surface area contributed by atoms with Crippen molar-refractivity contribution < 1.29 is 24.2 Å². The van der Waals surface area contributed by atoms with Crippen molar-refractivity contribution in [3.63, 3.8) is 0 Å². The van der Waals surface area contributed by atoms with Crippen LogP contribution in [0.5, 0.6) is 0 Å². The number of nitrogens with one attached hydrogen (secondary N) is 2. The van der Waals surface area contributed by atoms with Gasteiger partial charge in [0.25, 0.3) is 0 Å². The van der Waals surface area contributed by atoms with Gasteiger partial charge in [-0.15, -0.1) is 0 Å². The SMILES string of the molecule is C/C(=C\CNC(=O)C(C)(C)CNC(=O)OCC1c2ccccc2-c2ccccc21)C(=O)O. The average Bonchev–Trinajstić information content (AvgIpc) is 3.10. The maximum Gasteiger partial charge on any atom is 0.407 e. The summed E-state index contributed by atoms with van der Waals surface area (Å²) >= 11 is 0. The van der Waals surface area contributed by atoms with Crippen LogP contribution in [0.4, 0.5) is 4.79 Å². The molecule has 3 rings (SSSR count). The molecule has 1 aliphatic rings. The molecule has 0 heterocycles. The Balaban J connectivity index is 1.53. The highest BCUT2D eigenvalue weighted by molar-refractivity contribution is 5.86. The van der Waals surface area contributed by atoms with Crippen molar-refractivity contribution in [1.82, 2.24) is 10.6 Å². The van der Waals surface area contributed by atoms with E-state index in [2.05, 4.69) is 34.9 Å². The largest absolute Gasteiger partial charge is 0.478 e. The fraction of sp³-hybridized carbons (Fsp3) is 0.320. The first-order valence-corrected chi connectivity index (χ1v) is 10.5. The summed E-state index contributed by atoms with van der Waals surface area (Å²) in [5.74, 6) is -1.37. The van der Waals surface area contributed by atoms with Crippen LogP contribution in [0.15, 0.2) is 60.2 Å². The molecule has 0 saturated heterocycles. The van der Waals surface area contributed by atoms with Gasteiger partial charge in [0.05, 0.1) is 5.41 Å². The molecular weight excluding hydrogens is 408 g/mol. The lowest BCUT2D eigenvalue weighted by molar-refractivity contribution is -0.132. The number of alkyl carbamates (subject to hydrolysis) is 1. The lowest BCUT2D eigenvalue weighted by Crippen LogP contribution is -2.45. The lowest BCUT2D eigenvalue weighted by atomic mass is 9.92. The fourth-order valence-corrected chi connectivity index (χ4v) is 3.65. The van der Waals surface area contributed by atoms with Crippen LogP contribution in [0.1, 0.15) is 37.8 Å². The van der Waals surface area contributed by atoms with E-state index in [1.807, 2.05) is 24.3 Å². The fourth-order valence-electron chi connectivity index (χ4n) is 3.65. The molecule has 0 spiro atoms. The first-order chi connectivity index (χ1) is 15.2. The van der Waals surface area contributed by atoms with Crippen molar-refractivity contribution in [1.29, 1.82) is 0 Å². The number of carboxylic acids is 1. The molecular formula is C25H28N2O5. The van der Waals surface area contributed by atoms with Crippen LogP contribution in [0.3, 0.4) is 0 Å². The van der Waals surface area contributed by atoms with Crippen molar-refractivity contribution in [2.24, 2.45) is 5.41 Å². The zero-order valence-corrected chi connectivity index (χ0v) is 18.5. The summed E-state index contributed by atoms with van der Waals surface area (Å²) in [5.41, 5.74) is 3.83. The number of aliphatic carboxylic acids is 1. The van der Waals surface area contributed by atoms with E-state index in [-0.39, 0.29) is 37.1 Å². The topological polar surface area (TPSA) is 105 Å². The van der Waals surface area contributed by atoms with Crippen LogP contribution in [0.2, 0.25) is 0 Å². The maximum atomic E-state index is 12.4. The highest BCUT2D eigenvalue weighted by Crippen LogP contribution is 2.44. The van der Waals surface area contributed by atoms with Gasteiger partial charge in [0.15, 0.2) is 0 Å². The summed E-state index contributed by atoms with van der Waals surface area (Å²) < 4.78 is 5.50. The molecule has 0 fully saturated rings. The first kappa shape index (κ1) is 23.1. The Labute approximate surface area is 187 Å². The van der Waals surface area contributed by atoms with E-state index < -0.39 is 17.5 Å². The second kappa shape index (κ2) is 9.68. The first-order valence-electron chi connectivity index (χ1n) is 10.5. The van der Waals surface area contributed by atoms with E-state index in [0.29, 0.717) is 0 Å². The van der Waals surface area contributed by atoms with Gasteiger partial charge in [-0.3, -0.25) is 4.79 Å². The molecule has 0 atom stereocenters. The molecule has 3 N–H and O–H groups in total. The maximum absolute atomic E-state index is 12.4. The van der Waals surface area contributed by atoms with E-state index in [4.69, 9.17) is 9.84 Å². The Bertz CT molecular complexity index is 1010. The third-order valence-electron chi connectivity index (χ3n) is 5.64. The van der Waals surface area contributed by atoms with E-state index in [9.17, 15) is 14.4 Å². The number of carbonyl (C=O) groups is 3. The van der Waals surface area contributed by atoms with Crippen LogP contribution in [-0.2, 0) is 14.3 Å². The lowest BCUT2D eigenvalue weighted by Gasteiger charge is -2.23. The molecule has 0 radical (unpaired) electrons. The summed E-state index contributed by atoms with van der Waals surface area (Å²) in [7, 11) is 0. The van der Waals surface area contributed by atoms with Gasteiger partial charge in [-0.25, -0.2) is 9.59 Å². The number of carbonyl (C=O) groups excluding carboxylic acids is 2. The van der Waals surface area contributed by atoms with Gasteiger partial charge < -0.3 is 20.5 Å². The molecule has 2 aromatic carbocycles. The number of rotatable bonds is 8. The molecule has 168 valence electrons. The number of fused-ring (bicyclic) bond motifs is 3. The molecule has 2 aromatic rings. The monoisotopic (exact) mass is 436 g/mol. The number of ether oxygens (including phenoxy) is 1. The summed E-state index contributed by atoms with van der Waals surface area (Å²) in [5, 5.41) is 14.2. The Morgan fingerprint density at radius 2 is 1.56 bits per heavy atom. The molecule has 0 bridgehead atoms. The number of benzene rings is 2. The van der Waals surface area contributed by atoms with Crippen LogP contribution in [0, 0.1) is 5.41 Å². The molecule has 0 aliphatic heterocycles. The zero-order valence-electron chi connectivity index (χ0n) is 18.5. The molecule has 0 unspecified atom stereocenters. The molecule has 2 amide bonds. The van der Waals surface area contributed by atoms with Gasteiger partial charge in [-0.1, -0.05) is 54.6 Å². The minimum absolute atomic E-state index is 0.0336. The van der Waals surface area contributed by atoms with Gasteiger partial charge in [0.2, 0.25) is 5.91 Å². The quantitative estimate of drug-likeness (QED) is 0.548. The molecule has 0 aromatic heterocycles. The minimum Gasteiger partial charge on any atom is -0.478 e. The number of carboxylic acid groups (broad SMARTS) is 1. The van der Waals surface area contributed by atoms with Crippen molar-refractivity contribution in [3.05, 3.63) is 71.3 Å². The standard InChI is InChI=1S/C25H28N2O5/c1-16(22(28)29)12-13-26-23(30)25(2,3)15-27-24(31)32-14-21-19-10-6-4-8-17(19)18-9-5-7-11-20(18)21/h4-12,21H,13-15H2,1-3H3,(H,26,30)(H,27,31)(H,28,29)/b16-12+. The van der Waals surface area contributed by atoms with Crippen LogP contribution < -0.4 is 10.6 Å². The number of hydrogen-bond donors (Lipinski definition) is 3. The molecule has 1 aliphatic carbocycles. The van der Waals surface area contributed by atoms with Gasteiger partial charge in [0, 0.05) is 24.6 Å². The van der Waals surface area contributed by atoms with Gasteiger partial charge >= 0.3 is 12.1 Å². The van der Waals surface area contributed by atoms with Crippen molar-refractivity contribution >= 4 is 18.0 Å². The number of amides is 2. The summed E-state index contributed by atoms with van der Waals surface area (Å²) in [4.78, 5) is 35.5. The predicted molar refractivity (Wildman–Crippen MR) is 121 cm³/mol. The highest BCUT2D eigenvalue weighted by Gasteiger charge is 2.30. The van der Waals surface area contributed by atoms with Crippen molar-refractivity contribution in [3.8, 4) is 11.1 Å².